The van der Waals surface area contributed by atoms with E-state index >= 15 is 0 Å². The van der Waals surface area contributed by atoms with Gasteiger partial charge in [-0.1, -0.05) is 18.6 Å². The Labute approximate surface area is 196 Å². The molecule has 1 saturated carbocycles. The molecule has 2 amide bonds. The van der Waals surface area contributed by atoms with E-state index in [1.165, 1.54) is 12.0 Å². The summed E-state index contributed by atoms with van der Waals surface area (Å²) in [6.45, 7) is 3.15. The van der Waals surface area contributed by atoms with Crippen molar-refractivity contribution >= 4 is 11.8 Å². The molecule has 0 radical (unpaired) electrons. The third-order valence-corrected chi connectivity index (χ3v) is 8.36. The highest BCUT2D eigenvalue weighted by atomic mass is 16.3. The average Bonchev–Trinajstić information content (AvgIpc) is 3.03. The molecule has 2 heterocycles. The number of carbonyl (C=O) groups excluding carboxylic acids is 2. The molecule has 1 aliphatic carbocycles. The molecule has 0 spiro atoms. The van der Waals surface area contributed by atoms with Gasteiger partial charge in [0, 0.05) is 37.3 Å². The number of aliphatic hydroxyl groups is 2. The van der Waals surface area contributed by atoms with E-state index in [2.05, 4.69) is 11.0 Å². The lowest BCUT2D eigenvalue weighted by atomic mass is 9.83. The molecule has 2 saturated heterocycles. The number of nitrogens with two attached hydrogens (primary N) is 1. The zero-order valence-electron chi connectivity index (χ0n) is 19.8. The van der Waals surface area contributed by atoms with Gasteiger partial charge in [-0.05, 0) is 75.0 Å². The molecule has 4 N–H and O–H groups in total. The van der Waals surface area contributed by atoms with E-state index < -0.39 is 5.41 Å². The summed E-state index contributed by atoms with van der Waals surface area (Å²) in [6.07, 6.45) is 7.97. The summed E-state index contributed by atoms with van der Waals surface area (Å²) in [4.78, 5) is 29.3. The molecule has 7 heteroatoms. The van der Waals surface area contributed by atoms with Gasteiger partial charge in [0.25, 0.3) is 0 Å². The Hall–Kier alpha value is -1.96. The molecule has 2 bridgehead atoms. The molecule has 1 aromatic rings. The number of hydrogen-bond acceptors (Lipinski definition) is 5. The number of rotatable bonds is 10. The fourth-order valence-corrected chi connectivity index (χ4v) is 5.92. The second-order valence-corrected chi connectivity index (χ2v) is 10.7. The first-order valence-corrected chi connectivity index (χ1v) is 12.5. The lowest BCUT2D eigenvalue weighted by molar-refractivity contribution is -0.147. The number of fused-ring (bicyclic) bond motifs is 2. The maximum atomic E-state index is 13.2. The highest BCUT2D eigenvalue weighted by Gasteiger charge is 2.42. The Kier molecular flexibility index (Phi) is 7.41. The number of hydrogen-bond donors (Lipinski definition) is 3. The van der Waals surface area contributed by atoms with Crippen LogP contribution in [0.25, 0.3) is 0 Å². The molecule has 3 aliphatic rings. The zero-order valence-corrected chi connectivity index (χ0v) is 19.8. The van der Waals surface area contributed by atoms with Crippen LogP contribution >= 0.6 is 0 Å². The van der Waals surface area contributed by atoms with Crippen molar-refractivity contribution in [2.75, 3.05) is 32.8 Å². The van der Waals surface area contributed by atoms with Crippen molar-refractivity contribution in [3.63, 3.8) is 0 Å². The molecule has 7 nitrogen and oxygen atoms in total. The standard InChI is InChI=1S/C26H39N3O4/c1-26(16-30,17-31)25(33)28(15-18-4-2-5-18)10-11-29-22-8-9-23(29)14-21(13-22)19-6-3-7-20(12-19)24(27)32/h3,6-7,12,18,21-23,30-31H,2,4-5,8-11,13-17H2,1H3,(H2,27,32)/t21?,22-,23+. The van der Waals surface area contributed by atoms with E-state index in [-0.39, 0.29) is 25.0 Å². The Bertz CT molecular complexity index is 838. The molecule has 182 valence electrons. The third kappa shape index (κ3) is 5.10. The van der Waals surface area contributed by atoms with E-state index in [4.69, 9.17) is 5.73 Å². The van der Waals surface area contributed by atoms with Gasteiger partial charge in [-0.25, -0.2) is 0 Å². The van der Waals surface area contributed by atoms with Crippen LogP contribution in [-0.2, 0) is 4.79 Å². The van der Waals surface area contributed by atoms with Gasteiger partial charge in [0.15, 0.2) is 0 Å². The SMILES string of the molecule is CC(CO)(CO)C(=O)N(CCN1[C@@H]2CC[C@H]1CC(c1cccc(C(N)=O)c1)C2)CC1CCC1. The number of amides is 2. The Morgan fingerprint density at radius 2 is 1.79 bits per heavy atom. The fraction of sp³-hybridized carbons (Fsp3) is 0.692. The van der Waals surface area contributed by atoms with Crippen molar-refractivity contribution in [3.8, 4) is 0 Å². The van der Waals surface area contributed by atoms with Crippen molar-refractivity contribution in [3.05, 3.63) is 35.4 Å². The smallest absolute Gasteiger partial charge is 0.248 e. The molecule has 33 heavy (non-hydrogen) atoms. The first-order chi connectivity index (χ1) is 15.8. The molecule has 1 aromatic carbocycles. The van der Waals surface area contributed by atoms with Gasteiger partial charge < -0.3 is 20.8 Å². The molecular formula is C26H39N3O4. The number of nitrogens with zero attached hydrogens (tertiary/aromatic N) is 2. The van der Waals surface area contributed by atoms with Crippen molar-refractivity contribution in [1.29, 1.82) is 0 Å². The van der Waals surface area contributed by atoms with Gasteiger partial charge in [0.2, 0.25) is 11.8 Å². The maximum absolute atomic E-state index is 13.2. The van der Waals surface area contributed by atoms with E-state index in [1.54, 1.807) is 13.0 Å². The molecule has 0 aromatic heterocycles. The molecule has 4 rings (SSSR count). The molecule has 2 aliphatic heterocycles. The maximum Gasteiger partial charge on any atom is 0.248 e. The summed E-state index contributed by atoms with van der Waals surface area (Å²) in [5.41, 5.74) is 6.13. The van der Waals surface area contributed by atoms with Crippen molar-refractivity contribution in [2.24, 2.45) is 17.1 Å². The fourth-order valence-electron chi connectivity index (χ4n) is 5.92. The summed E-state index contributed by atoms with van der Waals surface area (Å²) < 4.78 is 0. The van der Waals surface area contributed by atoms with Gasteiger partial charge in [0.05, 0.1) is 18.6 Å². The number of piperidine rings is 1. The molecule has 3 fully saturated rings. The van der Waals surface area contributed by atoms with Crippen molar-refractivity contribution in [2.45, 2.75) is 69.9 Å². The van der Waals surface area contributed by atoms with Crippen LogP contribution in [-0.4, -0.2) is 76.8 Å². The summed E-state index contributed by atoms with van der Waals surface area (Å²) in [5.74, 6) is 0.449. The monoisotopic (exact) mass is 457 g/mol. The van der Waals surface area contributed by atoms with E-state index in [9.17, 15) is 19.8 Å². The summed E-state index contributed by atoms with van der Waals surface area (Å²) >= 11 is 0. The molecule has 3 atom stereocenters. The van der Waals surface area contributed by atoms with Gasteiger partial charge in [-0.2, -0.15) is 0 Å². The van der Waals surface area contributed by atoms with E-state index in [0.29, 0.717) is 36.0 Å². The van der Waals surface area contributed by atoms with Gasteiger partial charge in [-0.15, -0.1) is 0 Å². The van der Waals surface area contributed by atoms with E-state index in [0.717, 1.165) is 51.6 Å². The Morgan fingerprint density at radius 1 is 1.12 bits per heavy atom. The van der Waals surface area contributed by atoms with Crippen LogP contribution in [0.4, 0.5) is 0 Å². The van der Waals surface area contributed by atoms with Crippen LogP contribution in [0.15, 0.2) is 24.3 Å². The van der Waals surface area contributed by atoms with Crippen LogP contribution in [0.3, 0.4) is 0 Å². The van der Waals surface area contributed by atoms with E-state index in [1.807, 2.05) is 17.0 Å². The van der Waals surface area contributed by atoms with Gasteiger partial charge in [-0.3, -0.25) is 14.5 Å². The minimum Gasteiger partial charge on any atom is -0.395 e. The van der Waals surface area contributed by atoms with Crippen molar-refractivity contribution in [1.82, 2.24) is 9.80 Å². The zero-order chi connectivity index (χ0) is 23.6. The predicted octanol–water partition coefficient (Wildman–Crippen LogP) is 2.12. The quantitative estimate of drug-likeness (QED) is 0.499. The summed E-state index contributed by atoms with van der Waals surface area (Å²) in [6, 6.07) is 8.71. The second kappa shape index (κ2) is 10.1. The third-order valence-electron chi connectivity index (χ3n) is 8.36. The number of benzene rings is 1. The molecular weight excluding hydrogens is 418 g/mol. The number of carbonyl (C=O) groups is 2. The highest BCUT2D eigenvalue weighted by Crippen LogP contribution is 2.43. The number of aliphatic hydroxyl groups excluding tert-OH is 2. The largest absolute Gasteiger partial charge is 0.395 e. The molecule has 1 unspecified atom stereocenters. The van der Waals surface area contributed by atoms with Crippen LogP contribution in [0.1, 0.15) is 73.7 Å². The summed E-state index contributed by atoms with van der Waals surface area (Å²) in [5, 5.41) is 19.5. The number of primary amides is 1. The highest BCUT2D eigenvalue weighted by molar-refractivity contribution is 5.92. The Balaban J connectivity index is 1.41. The van der Waals surface area contributed by atoms with Crippen LogP contribution < -0.4 is 5.73 Å². The topological polar surface area (TPSA) is 107 Å². The van der Waals surface area contributed by atoms with Crippen LogP contribution in [0, 0.1) is 11.3 Å². The normalized spacial score (nSPS) is 25.6. The first kappa shape index (κ1) is 24.2. The minimum atomic E-state index is -1.12. The first-order valence-electron chi connectivity index (χ1n) is 12.5. The van der Waals surface area contributed by atoms with Crippen molar-refractivity contribution < 1.29 is 19.8 Å². The average molecular weight is 458 g/mol. The van der Waals surface area contributed by atoms with Gasteiger partial charge in [0.1, 0.15) is 0 Å². The Morgan fingerprint density at radius 3 is 2.33 bits per heavy atom. The lowest BCUT2D eigenvalue weighted by Gasteiger charge is -2.42. The van der Waals surface area contributed by atoms with Crippen LogP contribution in [0.2, 0.25) is 0 Å². The summed E-state index contributed by atoms with van der Waals surface area (Å²) in [7, 11) is 0. The minimum absolute atomic E-state index is 0.134. The van der Waals surface area contributed by atoms with Gasteiger partial charge >= 0.3 is 0 Å². The second-order valence-electron chi connectivity index (χ2n) is 10.7. The van der Waals surface area contributed by atoms with Crippen LogP contribution in [0.5, 0.6) is 0 Å². The lowest BCUT2D eigenvalue weighted by Crippen LogP contribution is -2.52. The predicted molar refractivity (Wildman–Crippen MR) is 127 cm³/mol.